The Kier molecular flexibility index (Phi) is 9.83. The number of halogens is 4. The maximum absolute atomic E-state index is 14.6. The zero-order valence-corrected chi connectivity index (χ0v) is 22.9. The minimum Gasteiger partial charge on any atom is -0.395 e. The highest BCUT2D eigenvalue weighted by molar-refractivity contribution is 6.07. The number of aliphatic hydroxyl groups excluding tert-OH is 1. The molecule has 0 atom stereocenters. The molecular weight excluding hydrogens is 568 g/mol. The van der Waals surface area contributed by atoms with E-state index in [0.29, 0.717) is 53.0 Å². The number of alkyl halides is 3. The van der Waals surface area contributed by atoms with E-state index in [0.717, 1.165) is 24.4 Å². The summed E-state index contributed by atoms with van der Waals surface area (Å²) < 4.78 is 53.6. The number of nitrogens with one attached hydrogen (secondary N) is 5. The van der Waals surface area contributed by atoms with Crippen LogP contribution in [0.3, 0.4) is 0 Å². The lowest BCUT2D eigenvalue weighted by atomic mass is 10.1. The van der Waals surface area contributed by atoms with E-state index >= 15 is 0 Å². The number of nitrogens with zero attached hydrogens (tertiary/aromatic N) is 3. The predicted octanol–water partition coefficient (Wildman–Crippen LogP) is 5.02. The van der Waals surface area contributed by atoms with Gasteiger partial charge in [-0.25, -0.2) is 14.4 Å². The molecule has 14 heteroatoms. The van der Waals surface area contributed by atoms with Crippen LogP contribution in [0, 0.1) is 18.2 Å². The molecule has 43 heavy (non-hydrogen) atoms. The number of hydrogen-bond acceptors (Lipinski definition) is 8. The summed E-state index contributed by atoms with van der Waals surface area (Å²) in [5, 5.41) is 32.2. The van der Waals surface area contributed by atoms with Gasteiger partial charge in [-0.15, -0.1) is 0 Å². The first-order chi connectivity index (χ1) is 20.5. The smallest absolute Gasteiger partial charge is 0.395 e. The number of aromatic amines is 1. The molecule has 0 aliphatic rings. The summed E-state index contributed by atoms with van der Waals surface area (Å²) in [6.07, 6.45) is -1.27. The van der Waals surface area contributed by atoms with E-state index in [1.807, 2.05) is 0 Å². The first kappa shape index (κ1) is 30.8. The molecule has 2 heterocycles. The predicted molar refractivity (Wildman–Crippen MR) is 154 cm³/mol. The van der Waals surface area contributed by atoms with Crippen LogP contribution < -0.4 is 16.0 Å². The number of allylic oxidation sites excluding steroid dienone is 1. The number of aromatic nitrogens is 4. The number of aliphatic hydroxyl groups is 1. The maximum atomic E-state index is 14.6. The second-order valence-corrected chi connectivity index (χ2v) is 9.35. The van der Waals surface area contributed by atoms with Crippen LogP contribution in [0.1, 0.15) is 38.7 Å². The molecule has 2 aromatic carbocycles. The van der Waals surface area contributed by atoms with Crippen LogP contribution in [0.5, 0.6) is 0 Å². The fraction of sp³-hybridized carbons (Fsp3) is 0.207. The van der Waals surface area contributed by atoms with Gasteiger partial charge in [0.15, 0.2) is 5.82 Å². The van der Waals surface area contributed by atoms with Gasteiger partial charge in [-0.05, 0) is 61.7 Å². The molecule has 0 aliphatic carbocycles. The fourth-order valence-corrected chi connectivity index (χ4v) is 4.05. The summed E-state index contributed by atoms with van der Waals surface area (Å²) in [5.41, 5.74) is 1.07. The monoisotopic (exact) mass is 596 g/mol. The average molecular weight is 597 g/mol. The molecule has 0 unspecified atom stereocenters. The van der Waals surface area contributed by atoms with Gasteiger partial charge in [0.1, 0.15) is 17.5 Å². The number of amides is 1. The number of rotatable bonds is 12. The third-order valence-electron chi connectivity index (χ3n) is 6.11. The highest BCUT2D eigenvalue weighted by atomic mass is 19.4. The second-order valence-electron chi connectivity index (χ2n) is 9.35. The normalized spacial score (nSPS) is 11.7. The molecule has 0 aliphatic heterocycles. The Morgan fingerprint density at radius 1 is 1.07 bits per heavy atom. The molecule has 224 valence electrons. The molecule has 0 bridgehead atoms. The van der Waals surface area contributed by atoms with Crippen molar-refractivity contribution in [1.82, 2.24) is 25.5 Å². The average Bonchev–Trinajstić information content (AvgIpc) is 3.42. The molecule has 0 saturated heterocycles. The van der Waals surface area contributed by atoms with Gasteiger partial charge in [0, 0.05) is 53.6 Å². The summed E-state index contributed by atoms with van der Waals surface area (Å²) in [5.74, 6) is 0.0930. The van der Waals surface area contributed by atoms with Gasteiger partial charge in [-0.2, -0.15) is 18.3 Å². The van der Waals surface area contributed by atoms with E-state index in [-0.39, 0.29) is 24.3 Å². The summed E-state index contributed by atoms with van der Waals surface area (Å²) in [4.78, 5) is 21.2. The van der Waals surface area contributed by atoms with Gasteiger partial charge in [0.25, 0.3) is 5.91 Å². The van der Waals surface area contributed by atoms with Crippen LogP contribution in [-0.4, -0.2) is 50.5 Å². The minimum atomic E-state index is -4.58. The Morgan fingerprint density at radius 3 is 2.63 bits per heavy atom. The first-order valence-corrected chi connectivity index (χ1v) is 13.0. The largest absolute Gasteiger partial charge is 0.416 e. The molecule has 10 nitrogen and oxygen atoms in total. The van der Waals surface area contributed by atoms with Crippen molar-refractivity contribution in [2.24, 2.45) is 0 Å². The van der Waals surface area contributed by atoms with Crippen molar-refractivity contribution in [3.8, 4) is 0 Å². The number of carbonyl (C=O) groups excluding carboxylic acids is 1. The van der Waals surface area contributed by atoms with Crippen molar-refractivity contribution in [3.63, 3.8) is 0 Å². The Hall–Kier alpha value is -5.11. The molecule has 2 aromatic heterocycles. The number of anilines is 3. The Labute approximate surface area is 243 Å². The van der Waals surface area contributed by atoms with Crippen LogP contribution in [0.4, 0.5) is 34.9 Å². The molecule has 4 rings (SSSR count). The van der Waals surface area contributed by atoms with Crippen LogP contribution in [0.25, 0.3) is 5.57 Å². The standard InChI is InChI=1S/C29H28F4N8O2/c1-17-36-25(20(15-34)16-35-9-10-42)14-26(37-17)39-27-13-23(40-41-27)6-5-18-12-22(7-8-24(18)30)38-28(43)19-3-2-4-21(11-19)29(31,32)33/h2-4,7-8,11-16,34-35,42H,5-6,9-10H2,1H3,(H,38,43)(H2,36,37,39,40,41)/b20-16+,34-15?. The van der Waals surface area contributed by atoms with Crippen molar-refractivity contribution in [2.45, 2.75) is 25.9 Å². The summed E-state index contributed by atoms with van der Waals surface area (Å²) >= 11 is 0. The Balaban J connectivity index is 1.40. The van der Waals surface area contributed by atoms with Crippen LogP contribution in [0.15, 0.2) is 60.8 Å². The van der Waals surface area contributed by atoms with Gasteiger partial charge in [-0.3, -0.25) is 9.89 Å². The summed E-state index contributed by atoms with van der Waals surface area (Å²) in [6, 6.07) is 11.4. The van der Waals surface area contributed by atoms with Gasteiger partial charge in [-0.1, -0.05) is 6.07 Å². The van der Waals surface area contributed by atoms with Crippen molar-refractivity contribution < 1.29 is 27.5 Å². The van der Waals surface area contributed by atoms with Crippen LogP contribution in [0.2, 0.25) is 0 Å². The third kappa shape index (κ3) is 8.45. The molecular formula is C29H28F4N8O2. The van der Waals surface area contributed by atoms with E-state index < -0.39 is 23.5 Å². The van der Waals surface area contributed by atoms with Gasteiger partial charge in [0.05, 0.1) is 17.9 Å². The van der Waals surface area contributed by atoms with Crippen molar-refractivity contribution in [1.29, 1.82) is 5.41 Å². The number of hydrogen-bond donors (Lipinski definition) is 6. The quantitative estimate of drug-likeness (QED) is 0.0763. The molecule has 0 saturated carbocycles. The van der Waals surface area contributed by atoms with Gasteiger partial charge in [0.2, 0.25) is 0 Å². The minimum absolute atomic E-state index is 0.0587. The molecule has 4 aromatic rings. The molecule has 0 spiro atoms. The Bertz CT molecular complexity index is 1630. The first-order valence-electron chi connectivity index (χ1n) is 13.0. The maximum Gasteiger partial charge on any atom is 0.416 e. The third-order valence-corrected chi connectivity index (χ3v) is 6.11. The lowest BCUT2D eigenvalue weighted by Gasteiger charge is -2.11. The molecule has 1 amide bonds. The molecule has 6 N–H and O–H groups in total. The van der Waals surface area contributed by atoms with Gasteiger partial charge < -0.3 is 26.5 Å². The zero-order valence-electron chi connectivity index (χ0n) is 22.9. The van der Waals surface area contributed by atoms with E-state index in [1.54, 1.807) is 25.3 Å². The van der Waals surface area contributed by atoms with Crippen LogP contribution in [-0.2, 0) is 19.0 Å². The summed E-state index contributed by atoms with van der Waals surface area (Å²) in [7, 11) is 0. The molecule has 0 fully saturated rings. The fourth-order valence-electron chi connectivity index (χ4n) is 4.05. The zero-order chi connectivity index (χ0) is 31.0. The second kappa shape index (κ2) is 13.7. The molecule has 0 radical (unpaired) electrons. The van der Waals surface area contributed by atoms with Crippen LogP contribution >= 0.6 is 0 Å². The van der Waals surface area contributed by atoms with Crippen molar-refractivity contribution in [2.75, 3.05) is 23.8 Å². The lowest BCUT2D eigenvalue weighted by molar-refractivity contribution is -0.137. The Morgan fingerprint density at radius 2 is 1.88 bits per heavy atom. The van der Waals surface area contributed by atoms with E-state index in [4.69, 9.17) is 10.5 Å². The highest BCUT2D eigenvalue weighted by Crippen LogP contribution is 2.30. The number of carbonyl (C=O) groups is 1. The SMILES string of the molecule is Cc1nc(Nc2cc(CCc3cc(NC(=O)c4cccc(C(F)(F)F)c4)ccc3F)[nH]n2)cc(/C(C=N)=C/NCCO)n1. The van der Waals surface area contributed by atoms with Crippen molar-refractivity contribution >= 4 is 35.0 Å². The number of aryl methyl sites for hydroxylation is 3. The van der Waals surface area contributed by atoms with E-state index in [2.05, 4.69) is 36.1 Å². The van der Waals surface area contributed by atoms with E-state index in [9.17, 15) is 22.4 Å². The highest BCUT2D eigenvalue weighted by Gasteiger charge is 2.31. The number of H-pyrrole nitrogens is 1. The van der Waals surface area contributed by atoms with Crippen molar-refractivity contribution in [3.05, 3.63) is 101 Å². The number of benzene rings is 2. The lowest BCUT2D eigenvalue weighted by Crippen LogP contribution is -2.14. The topological polar surface area (TPSA) is 152 Å². The van der Waals surface area contributed by atoms with E-state index in [1.165, 1.54) is 24.3 Å². The summed E-state index contributed by atoms with van der Waals surface area (Å²) in [6.45, 7) is 1.97. The van der Waals surface area contributed by atoms with Gasteiger partial charge >= 0.3 is 6.18 Å².